The average molecular weight is 238 g/mol. The summed E-state index contributed by atoms with van der Waals surface area (Å²) < 4.78 is 15.2. The zero-order valence-electron chi connectivity index (χ0n) is 8.72. The lowest BCUT2D eigenvalue weighted by Crippen LogP contribution is -2.02. The van der Waals surface area contributed by atoms with Gasteiger partial charge in [-0.25, -0.2) is 4.39 Å². The molecule has 0 fully saturated rings. The molecule has 0 aliphatic rings. The predicted molar refractivity (Wildman–Crippen MR) is 59.4 cm³/mol. The Balaban J connectivity index is 2.35. The average Bonchev–Trinajstić information content (AvgIpc) is 2.65. The summed E-state index contributed by atoms with van der Waals surface area (Å²) in [6.45, 7) is 0.173. The maximum absolute atomic E-state index is 13.4. The van der Waals surface area contributed by atoms with E-state index in [9.17, 15) is 4.39 Å². The third kappa shape index (κ3) is 2.07. The number of nitrogens with zero attached hydrogens (tertiary/aromatic N) is 3. The minimum absolute atomic E-state index is 0.173. The summed E-state index contributed by atoms with van der Waals surface area (Å²) in [7, 11) is 1.84. The van der Waals surface area contributed by atoms with Crippen molar-refractivity contribution in [1.29, 1.82) is 0 Å². The topological polar surface area (TPSA) is 56.7 Å². The van der Waals surface area contributed by atoms with Crippen LogP contribution in [0.3, 0.4) is 0 Å². The number of benzene rings is 1. The first-order chi connectivity index (χ1) is 7.72. The van der Waals surface area contributed by atoms with E-state index in [-0.39, 0.29) is 12.4 Å². The monoisotopic (exact) mass is 238 g/mol. The molecule has 84 valence electrons. The number of halogens is 1. The highest BCUT2D eigenvalue weighted by Gasteiger charge is 2.10. The smallest absolute Gasteiger partial charge is 0.195 e. The van der Waals surface area contributed by atoms with Crippen LogP contribution >= 0.6 is 11.8 Å². The molecule has 16 heavy (non-hydrogen) atoms. The van der Waals surface area contributed by atoms with E-state index in [0.29, 0.717) is 10.7 Å². The molecule has 0 unspecified atom stereocenters. The van der Waals surface area contributed by atoms with E-state index < -0.39 is 0 Å². The van der Waals surface area contributed by atoms with E-state index in [2.05, 4.69) is 10.2 Å². The Morgan fingerprint density at radius 3 is 2.94 bits per heavy atom. The van der Waals surface area contributed by atoms with Crippen LogP contribution in [-0.2, 0) is 13.6 Å². The fourth-order valence-electron chi connectivity index (χ4n) is 1.30. The summed E-state index contributed by atoms with van der Waals surface area (Å²) in [5.41, 5.74) is 6.03. The van der Waals surface area contributed by atoms with E-state index in [4.69, 9.17) is 5.73 Å². The van der Waals surface area contributed by atoms with E-state index in [0.717, 1.165) is 4.90 Å². The summed E-state index contributed by atoms with van der Waals surface area (Å²) in [5.74, 6) is -0.283. The second-order valence-corrected chi connectivity index (χ2v) is 4.26. The molecule has 1 aromatic carbocycles. The quantitative estimate of drug-likeness (QED) is 0.881. The summed E-state index contributed by atoms with van der Waals surface area (Å²) in [4.78, 5) is 0.776. The zero-order valence-corrected chi connectivity index (χ0v) is 9.54. The van der Waals surface area contributed by atoms with Crippen molar-refractivity contribution in [2.75, 3.05) is 0 Å². The van der Waals surface area contributed by atoms with Gasteiger partial charge >= 0.3 is 0 Å². The molecule has 0 atom stereocenters. The highest BCUT2D eigenvalue weighted by atomic mass is 32.2. The van der Waals surface area contributed by atoms with Crippen LogP contribution in [0.5, 0.6) is 0 Å². The number of nitrogens with two attached hydrogens (primary N) is 1. The summed E-state index contributed by atoms with van der Waals surface area (Å²) in [6, 6.07) is 4.89. The van der Waals surface area contributed by atoms with Crippen molar-refractivity contribution in [3.63, 3.8) is 0 Å². The first kappa shape index (κ1) is 11.1. The Labute approximate surface area is 96.7 Å². The van der Waals surface area contributed by atoms with Crippen LogP contribution in [0.2, 0.25) is 0 Å². The van der Waals surface area contributed by atoms with Gasteiger partial charge in [-0.1, -0.05) is 6.07 Å². The van der Waals surface area contributed by atoms with Gasteiger partial charge in [0.25, 0.3) is 0 Å². The number of aryl methyl sites for hydroxylation is 1. The van der Waals surface area contributed by atoms with Crippen LogP contribution < -0.4 is 5.73 Å². The Morgan fingerprint density at radius 2 is 2.31 bits per heavy atom. The van der Waals surface area contributed by atoms with Crippen LogP contribution in [0, 0.1) is 5.82 Å². The molecule has 0 saturated heterocycles. The van der Waals surface area contributed by atoms with Gasteiger partial charge in [0.05, 0.1) is 0 Å². The fraction of sp³-hybridized carbons (Fsp3) is 0.200. The van der Waals surface area contributed by atoms with Crippen molar-refractivity contribution >= 4 is 11.8 Å². The van der Waals surface area contributed by atoms with Crippen LogP contribution in [0.15, 0.2) is 34.6 Å². The summed E-state index contributed by atoms with van der Waals surface area (Å²) in [6.07, 6.45) is 1.60. The predicted octanol–water partition coefficient (Wildman–Crippen LogP) is 1.56. The molecular formula is C10H11FN4S. The van der Waals surface area contributed by atoms with Crippen molar-refractivity contribution in [1.82, 2.24) is 14.8 Å². The molecule has 0 spiro atoms. The maximum Gasteiger partial charge on any atom is 0.195 e. The minimum Gasteiger partial charge on any atom is -0.326 e. The highest BCUT2D eigenvalue weighted by Crippen LogP contribution is 2.29. The van der Waals surface area contributed by atoms with Gasteiger partial charge in [-0.3, -0.25) is 0 Å². The standard InChI is InChI=1S/C10H11FN4S/c1-15-6-13-14-10(15)16-9-4-2-3-8(11)7(9)5-12/h2-4,6H,5,12H2,1H3. The molecule has 2 aromatic rings. The number of hydrogen-bond donors (Lipinski definition) is 1. The molecule has 0 radical (unpaired) electrons. The van der Waals surface area contributed by atoms with Crippen LogP contribution in [0.4, 0.5) is 4.39 Å². The fourth-order valence-corrected chi connectivity index (χ4v) is 2.22. The number of aromatic nitrogens is 3. The lowest BCUT2D eigenvalue weighted by molar-refractivity contribution is 0.604. The van der Waals surface area contributed by atoms with Crippen molar-refractivity contribution in [2.45, 2.75) is 16.6 Å². The van der Waals surface area contributed by atoms with E-state index in [1.165, 1.54) is 17.8 Å². The lowest BCUT2D eigenvalue weighted by atomic mass is 10.2. The third-order valence-corrected chi connectivity index (χ3v) is 3.31. The number of rotatable bonds is 3. The lowest BCUT2D eigenvalue weighted by Gasteiger charge is -2.07. The van der Waals surface area contributed by atoms with E-state index >= 15 is 0 Å². The van der Waals surface area contributed by atoms with Gasteiger partial charge in [-0.15, -0.1) is 10.2 Å². The molecule has 0 saturated carbocycles. The van der Waals surface area contributed by atoms with Gasteiger partial charge in [0.15, 0.2) is 5.16 Å². The zero-order chi connectivity index (χ0) is 11.5. The Hall–Kier alpha value is -1.40. The molecule has 2 rings (SSSR count). The SMILES string of the molecule is Cn1cnnc1Sc1cccc(F)c1CN. The normalized spacial score (nSPS) is 10.7. The first-order valence-electron chi connectivity index (χ1n) is 4.71. The largest absolute Gasteiger partial charge is 0.326 e. The summed E-state index contributed by atoms with van der Waals surface area (Å²) in [5, 5.41) is 8.40. The number of hydrogen-bond acceptors (Lipinski definition) is 4. The Kier molecular flexibility index (Phi) is 3.21. The molecule has 0 amide bonds. The molecule has 0 bridgehead atoms. The van der Waals surface area contributed by atoms with E-state index in [1.54, 1.807) is 17.0 Å². The van der Waals surface area contributed by atoms with Gasteiger partial charge in [0, 0.05) is 24.1 Å². The first-order valence-corrected chi connectivity index (χ1v) is 5.53. The van der Waals surface area contributed by atoms with Gasteiger partial charge in [-0.05, 0) is 23.9 Å². The van der Waals surface area contributed by atoms with Crippen molar-refractivity contribution in [2.24, 2.45) is 12.8 Å². The molecule has 2 N–H and O–H groups in total. The molecule has 6 heteroatoms. The molecule has 0 aliphatic heterocycles. The molecule has 0 aliphatic carbocycles. The van der Waals surface area contributed by atoms with Gasteiger partial charge in [-0.2, -0.15) is 0 Å². The van der Waals surface area contributed by atoms with Crippen molar-refractivity contribution < 1.29 is 4.39 Å². The van der Waals surface area contributed by atoms with E-state index in [1.807, 2.05) is 13.1 Å². The Morgan fingerprint density at radius 1 is 1.50 bits per heavy atom. The van der Waals surface area contributed by atoms with Gasteiger partial charge in [0.1, 0.15) is 12.1 Å². The third-order valence-electron chi connectivity index (χ3n) is 2.15. The highest BCUT2D eigenvalue weighted by molar-refractivity contribution is 7.99. The molecule has 1 heterocycles. The van der Waals surface area contributed by atoms with Crippen molar-refractivity contribution in [3.05, 3.63) is 35.9 Å². The maximum atomic E-state index is 13.4. The van der Waals surface area contributed by atoms with Gasteiger partial charge < -0.3 is 10.3 Å². The molecule has 1 aromatic heterocycles. The van der Waals surface area contributed by atoms with Crippen LogP contribution in [0.25, 0.3) is 0 Å². The molecular weight excluding hydrogens is 227 g/mol. The molecule has 4 nitrogen and oxygen atoms in total. The second kappa shape index (κ2) is 4.63. The van der Waals surface area contributed by atoms with Gasteiger partial charge in [0.2, 0.25) is 0 Å². The Bertz CT molecular complexity index is 497. The van der Waals surface area contributed by atoms with Crippen LogP contribution in [0.1, 0.15) is 5.56 Å². The summed E-state index contributed by atoms with van der Waals surface area (Å²) >= 11 is 1.36. The van der Waals surface area contributed by atoms with Crippen molar-refractivity contribution in [3.8, 4) is 0 Å². The second-order valence-electron chi connectivity index (χ2n) is 3.25. The minimum atomic E-state index is -0.283. The van der Waals surface area contributed by atoms with Crippen LogP contribution in [-0.4, -0.2) is 14.8 Å².